The molecule has 0 heterocycles. The Bertz CT molecular complexity index is 1130. The summed E-state index contributed by atoms with van der Waals surface area (Å²) in [7, 11) is -0.742. The van der Waals surface area contributed by atoms with E-state index in [0.29, 0.717) is 17.0 Å². The van der Waals surface area contributed by atoms with E-state index in [1.807, 2.05) is 24.3 Å². The zero-order chi connectivity index (χ0) is 23.1. The maximum Gasteiger partial charge on any atom is 0.243 e. The molecule has 0 spiro atoms. The molecule has 0 radical (unpaired) electrons. The molecule has 0 unspecified atom stereocenters. The number of rotatable bonds is 9. The molecule has 0 saturated carbocycles. The lowest BCUT2D eigenvalue weighted by Crippen LogP contribution is -2.33. The van der Waals surface area contributed by atoms with Crippen LogP contribution in [0.3, 0.4) is 0 Å². The van der Waals surface area contributed by atoms with E-state index in [0.717, 1.165) is 6.42 Å². The molecule has 0 aliphatic carbocycles. The number of amides is 1. The number of nitrogens with one attached hydrogen (secondary N) is 1. The van der Waals surface area contributed by atoms with Crippen LogP contribution in [0.4, 0.5) is 5.69 Å². The first kappa shape index (κ1) is 23.5. The quantitative estimate of drug-likeness (QED) is 0.513. The van der Waals surface area contributed by atoms with Crippen LogP contribution in [0, 0.1) is 0 Å². The summed E-state index contributed by atoms with van der Waals surface area (Å²) in [6.07, 6.45) is 0.875. The summed E-state index contributed by atoms with van der Waals surface area (Å²) in [5.41, 5.74) is 2.55. The predicted octanol–water partition coefficient (Wildman–Crippen LogP) is 4.65. The van der Waals surface area contributed by atoms with Crippen LogP contribution < -0.4 is 10.1 Å². The fourth-order valence-corrected chi connectivity index (χ4v) is 4.78. The number of ether oxygens (including phenoxy) is 1. The second kappa shape index (κ2) is 10.4. The summed E-state index contributed by atoms with van der Waals surface area (Å²) in [5.74, 6) is 0.381. The van der Waals surface area contributed by atoms with Crippen LogP contribution in [0.2, 0.25) is 0 Å². The molecule has 168 valence electrons. The van der Waals surface area contributed by atoms with Gasteiger partial charge in [0.1, 0.15) is 5.75 Å². The number of hydrogen-bond acceptors (Lipinski definition) is 4. The van der Waals surface area contributed by atoms with Gasteiger partial charge in [-0.05, 0) is 53.9 Å². The van der Waals surface area contributed by atoms with Crippen molar-refractivity contribution in [3.05, 3.63) is 90.0 Å². The van der Waals surface area contributed by atoms with Gasteiger partial charge < -0.3 is 10.1 Å². The van der Waals surface area contributed by atoms with Gasteiger partial charge in [-0.1, -0.05) is 49.4 Å². The summed E-state index contributed by atoms with van der Waals surface area (Å²) in [6.45, 7) is 2.07. The Balaban J connectivity index is 1.88. The van der Waals surface area contributed by atoms with Gasteiger partial charge in [0.25, 0.3) is 0 Å². The molecule has 3 aromatic carbocycles. The van der Waals surface area contributed by atoms with Crippen molar-refractivity contribution in [2.75, 3.05) is 19.5 Å². The molecule has 0 bridgehead atoms. The molecule has 3 aromatic rings. The number of methoxy groups -OCH3 is 1. The third-order valence-corrected chi connectivity index (χ3v) is 7.26. The lowest BCUT2D eigenvalue weighted by molar-refractivity contribution is -0.117. The summed E-state index contributed by atoms with van der Waals surface area (Å²) in [4.78, 5) is 13.1. The number of carbonyl (C=O) groups is 1. The minimum absolute atomic E-state index is 0.0373. The standard InChI is InChI=1S/C25H28N2O4S/c1-4-19-10-14-21(15-11-19)26-25(28)18-24(20-12-16-22(31-3)17-13-20)27(2)32(29,30)23-8-6-5-7-9-23/h5-17,24H,4,18H2,1-3H3,(H,26,28)/t24-/m0/s1. The van der Waals surface area contributed by atoms with Gasteiger partial charge in [0, 0.05) is 19.2 Å². The summed E-state index contributed by atoms with van der Waals surface area (Å²) >= 11 is 0. The van der Waals surface area contributed by atoms with Crippen molar-refractivity contribution in [3.8, 4) is 5.75 Å². The van der Waals surface area contributed by atoms with Gasteiger partial charge in [-0.2, -0.15) is 4.31 Å². The zero-order valence-electron chi connectivity index (χ0n) is 18.5. The SMILES string of the molecule is CCc1ccc(NC(=O)C[C@@H](c2ccc(OC)cc2)N(C)S(=O)(=O)c2ccccc2)cc1. The number of anilines is 1. The molecular formula is C25H28N2O4S. The smallest absolute Gasteiger partial charge is 0.243 e. The van der Waals surface area contributed by atoms with Gasteiger partial charge >= 0.3 is 0 Å². The molecule has 6 nitrogen and oxygen atoms in total. The Labute approximate surface area is 189 Å². The predicted molar refractivity (Wildman–Crippen MR) is 126 cm³/mol. The van der Waals surface area contributed by atoms with Crippen molar-refractivity contribution < 1.29 is 17.9 Å². The molecule has 0 aliphatic heterocycles. The van der Waals surface area contributed by atoms with Gasteiger partial charge in [0.15, 0.2) is 0 Å². The minimum atomic E-state index is -3.81. The Morgan fingerprint density at radius 1 is 0.969 bits per heavy atom. The van der Waals surface area contributed by atoms with Crippen molar-refractivity contribution in [1.82, 2.24) is 4.31 Å². The molecule has 3 rings (SSSR count). The highest BCUT2D eigenvalue weighted by molar-refractivity contribution is 7.89. The van der Waals surface area contributed by atoms with E-state index in [4.69, 9.17) is 4.74 Å². The first-order chi connectivity index (χ1) is 15.3. The van der Waals surface area contributed by atoms with Crippen molar-refractivity contribution in [2.45, 2.75) is 30.7 Å². The fourth-order valence-electron chi connectivity index (χ4n) is 3.42. The molecular weight excluding hydrogens is 424 g/mol. The van der Waals surface area contributed by atoms with E-state index < -0.39 is 16.1 Å². The number of benzene rings is 3. The summed E-state index contributed by atoms with van der Waals surface area (Å²) in [6, 6.07) is 22.2. The molecule has 0 saturated heterocycles. The van der Waals surface area contributed by atoms with Crippen LogP contribution >= 0.6 is 0 Å². The molecule has 0 aliphatic rings. The monoisotopic (exact) mass is 452 g/mol. The molecule has 7 heteroatoms. The molecule has 32 heavy (non-hydrogen) atoms. The zero-order valence-corrected chi connectivity index (χ0v) is 19.3. The van der Waals surface area contributed by atoms with Crippen LogP contribution in [0.15, 0.2) is 83.8 Å². The van der Waals surface area contributed by atoms with Gasteiger partial charge in [0.2, 0.25) is 15.9 Å². The van der Waals surface area contributed by atoms with E-state index in [1.165, 1.54) is 16.9 Å². The number of nitrogens with zero attached hydrogens (tertiary/aromatic N) is 1. The lowest BCUT2D eigenvalue weighted by atomic mass is 10.0. The largest absolute Gasteiger partial charge is 0.497 e. The Morgan fingerprint density at radius 3 is 2.16 bits per heavy atom. The van der Waals surface area contributed by atoms with E-state index in [-0.39, 0.29) is 17.2 Å². The van der Waals surface area contributed by atoms with E-state index in [1.54, 1.807) is 61.7 Å². The van der Waals surface area contributed by atoms with Gasteiger partial charge in [0.05, 0.1) is 18.0 Å². The summed E-state index contributed by atoms with van der Waals surface area (Å²) in [5, 5.41) is 2.88. The Kier molecular flexibility index (Phi) is 7.66. The van der Waals surface area contributed by atoms with E-state index >= 15 is 0 Å². The van der Waals surface area contributed by atoms with E-state index in [2.05, 4.69) is 12.2 Å². The van der Waals surface area contributed by atoms with Gasteiger partial charge in [-0.25, -0.2) is 8.42 Å². The maximum atomic E-state index is 13.2. The highest BCUT2D eigenvalue weighted by atomic mass is 32.2. The second-order valence-electron chi connectivity index (χ2n) is 7.43. The number of sulfonamides is 1. The van der Waals surface area contributed by atoms with Crippen molar-refractivity contribution in [2.24, 2.45) is 0 Å². The average molecular weight is 453 g/mol. The lowest BCUT2D eigenvalue weighted by Gasteiger charge is -2.28. The van der Waals surface area contributed by atoms with Crippen molar-refractivity contribution in [1.29, 1.82) is 0 Å². The number of carbonyl (C=O) groups excluding carboxylic acids is 1. The van der Waals surface area contributed by atoms with Crippen molar-refractivity contribution >= 4 is 21.6 Å². The van der Waals surface area contributed by atoms with Crippen LogP contribution in [-0.4, -0.2) is 32.8 Å². The normalized spacial score (nSPS) is 12.4. The third kappa shape index (κ3) is 5.55. The maximum absolute atomic E-state index is 13.2. The van der Waals surface area contributed by atoms with Crippen LogP contribution in [0.5, 0.6) is 5.75 Å². The average Bonchev–Trinajstić information content (AvgIpc) is 2.83. The number of hydrogen-bond donors (Lipinski definition) is 1. The Hall–Kier alpha value is -3.16. The molecule has 1 amide bonds. The molecule has 1 N–H and O–H groups in total. The first-order valence-corrected chi connectivity index (χ1v) is 11.8. The highest BCUT2D eigenvalue weighted by Gasteiger charge is 2.31. The van der Waals surface area contributed by atoms with Crippen molar-refractivity contribution in [3.63, 3.8) is 0 Å². The fraction of sp³-hybridized carbons (Fsp3) is 0.240. The topological polar surface area (TPSA) is 75.7 Å². The van der Waals surface area contributed by atoms with Crippen LogP contribution in [0.25, 0.3) is 0 Å². The van der Waals surface area contributed by atoms with E-state index in [9.17, 15) is 13.2 Å². The van der Waals surface area contributed by atoms with Gasteiger partial charge in [-0.3, -0.25) is 4.79 Å². The Morgan fingerprint density at radius 2 is 1.59 bits per heavy atom. The second-order valence-corrected chi connectivity index (χ2v) is 9.42. The first-order valence-electron chi connectivity index (χ1n) is 10.4. The minimum Gasteiger partial charge on any atom is -0.497 e. The van der Waals surface area contributed by atoms with Crippen LogP contribution in [0.1, 0.15) is 30.5 Å². The molecule has 1 atom stereocenters. The highest BCUT2D eigenvalue weighted by Crippen LogP contribution is 2.30. The van der Waals surface area contributed by atoms with Crippen LogP contribution in [-0.2, 0) is 21.2 Å². The third-order valence-electron chi connectivity index (χ3n) is 5.38. The molecule has 0 fully saturated rings. The summed E-state index contributed by atoms with van der Waals surface area (Å²) < 4.78 is 33.0. The number of aryl methyl sites for hydroxylation is 1. The molecule has 0 aromatic heterocycles. The van der Waals surface area contributed by atoms with Gasteiger partial charge in [-0.15, -0.1) is 0 Å².